The van der Waals surface area contributed by atoms with Crippen molar-refractivity contribution >= 4 is 44.6 Å². The van der Waals surface area contributed by atoms with E-state index in [1.807, 2.05) is 34.9 Å². The number of carbonyl (C=O) groups is 2. The first-order chi connectivity index (χ1) is 17.0. The highest BCUT2D eigenvalue weighted by Gasteiger charge is 2.46. The molecule has 8 heteroatoms. The van der Waals surface area contributed by atoms with Gasteiger partial charge in [0.1, 0.15) is 5.69 Å². The lowest BCUT2D eigenvalue weighted by molar-refractivity contribution is 0.0246. The van der Waals surface area contributed by atoms with Crippen molar-refractivity contribution in [1.82, 2.24) is 14.8 Å². The van der Waals surface area contributed by atoms with Crippen LogP contribution in [0.15, 0.2) is 59.4 Å². The SMILES string of the molecule is Cc1c(C(=O)N2CC(C3C(N)CCN3C(=O)c3cscn3)C2)sc2ccc(-c3ccccc3)cc12. The standard InChI is InChI=1S/C27H26N4O2S2/c1-16-20-11-18(17-5-3-2-4-6-17)7-8-23(20)35-25(16)27(33)30-12-19(13-30)24-21(28)9-10-31(24)26(32)22-14-34-15-29-22/h2-8,11,14-15,19,21,24H,9-10,12-13,28H2,1H3. The molecule has 0 bridgehead atoms. The van der Waals surface area contributed by atoms with Crippen LogP contribution in [0.1, 0.15) is 32.1 Å². The summed E-state index contributed by atoms with van der Waals surface area (Å²) in [6, 6.07) is 16.6. The lowest BCUT2D eigenvalue weighted by Crippen LogP contribution is -2.61. The summed E-state index contributed by atoms with van der Waals surface area (Å²) in [5.41, 5.74) is 12.0. The van der Waals surface area contributed by atoms with Crippen molar-refractivity contribution in [1.29, 1.82) is 0 Å². The molecule has 2 atom stereocenters. The Morgan fingerprint density at radius 3 is 2.60 bits per heavy atom. The van der Waals surface area contributed by atoms with Crippen molar-refractivity contribution in [2.75, 3.05) is 19.6 Å². The number of aryl methyl sites for hydroxylation is 1. The maximum Gasteiger partial charge on any atom is 0.273 e. The Labute approximate surface area is 212 Å². The number of fused-ring (bicyclic) bond motifs is 1. The van der Waals surface area contributed by atoms with Crippen LogP contribution < -0.4 is 5.73 Å². The second-order valence-electron chi connectivity index (χ2n) is 9.42. The molecule has 0 radical (unpaired) electrons. The van der Waals surface area contributed by atoms with E-state index >= 15 is 0 Å². The minimum absolute atomic E-state index is 0.0508. The molecule has 0 saturated carbocycles. The number of amides is 2. The summed E-state index contributed by atoms with van der Waals surface area (Å²) in [5.74, 6) is 0.215. The predicted octanol–water partition coefficient (Wildman–Crippen LogP) is 4.65. The van der Waals surface area contributed by atoms with Crippen LogP contribution in [0.25, 0.3) is 21.2 Å². The summed E-state index contributed by atoms with van der Waals surface area (Å²) >= 11 is 2.98. The zero-order chi connectivity index (χ0) is 24.1. The van der Waals surface area contributed by atoms with Gasteiger partial charge in [0.15, 0.2) is 0 Å². The third-order valence-corrected chi connectivity index (χ3v) is 9.18. The molecule has 2 unspecified atom stereocenters. The molecule has 2 saturated heterocycles. The number of aromatic nitrogens is 1. The Morgan fingerprint density at radius 2 is 1.86 bits per heavy atom. The Balaban J connectivity index is 1.19. The molecule has 6 rings (SSSR count). The maximum absolute atomic E-state index is 13.4. The summed E-state index contributed by atoms with van der Waals surface area (Å²) in [5, 5.41) is 2.92. The Hall–Kier alpha value is -3.07. The van der Waals surface area contributed by atoms with E-state index in [0.717, 1.165) is 32.5 Å². The van der Waals surface area contributed by atoms with E-state index in [2.05, 4.69) is 35.3 Å². The van der Waals surface area contributed by atoms with Crippen molar-refractivity contribution in [3.05, 3.63) is 75.6 Å². The van der Waals surface area contributed by atoms with Gasteiger partial charge in [0.05, 0.1) is 16.4 Å². The lowest BCUT2D eigenvalue weighted by atomic mass is 9.87. The van der Waals surface area contributed by atoms with Gasteiger partial charge in [-0.1, -0.05) is 36.4 Å². The van der Waals surface area contributed by atoms with Gasteiger partial charge in [0.2, 0.25) is 0 Å². The molecule has 2 amide bonds. The molecule has 2 aromatic carbocycles. The fraction of sp³-hybridized carbons (Fsp3) is 0.296. The average molecular weight is 503 g/mol. The molecule has 2 fully saturated rings. The number of thiazole rings is 1. The number of hydrogen-bond donors (Lipinski definition) is 1. The maximum atomic E-state index is 13.4. The molecule has 0 aliphatic carbocycles. The van der Waals surface area contributed by atoms with Crippen LogP contribution in [0.4, 0.5) is 0 Å². The summed E-state index contributed by atoms with van der Waals surface area (Å²) in [6.45, 7) is 3.94. The van der Waals surface area contributed by atoms with Crippen molar-refractivity contribution in [3.63, 3.8) is 0 Å². The molecule has 4 aromatic rings. The molecule has 2 aliphatic rings. The molecule has 35 heavy (non-hydrogen) atoms. The van der Waals surface area contributed by atoms with Crippen LogP contribution in [0.2, 0.25) is 0 Å². The minimum atomic E-state index is -0.0673. The van der Waals surface area contributed by atoms with Gasteiger partial charge in [-0.05, 0) is 47.6 Å². The fourth-order valence-electron chi connectivity index (χ4n) is 5.42. The van der Waals surface area contributed by atoms with Gasteiger partial charge in [-0.3, -0.25) is 9.59 Å². The highest BCUT2D eigenvalue weighted by Crippen LogP contribution is 2.37. The summed E-state index contributed by atoms with van der Waals surface area (Å²) < 4.78 is 1.13. The third-order valence-electron chi connectivity index (χ3n) is 7.33. The smallest absolute Gasteiger partial charge is 0.273 e. The first-order valence-electron chi connectivity index (χ1n) is 11.8. The monoisotopic (exact) mass is 502 g/mol. The Kier molecular flexibility index (Phi) is 5.67. The molecule has 2 aliphatic heterocycles. The zero-order valence-corrected chi connectivity index (χ0v) is 21.0. The minimum Gasteiger partial charge on any atom is -0.337 e. The highest BCUT2D eigenvalue weighted by atomic mass is 32.1. The van der Waals surface area contributed by atoms with Crippen LogP contribution in [-0.2, 0) is 0 Å². The van der Waals surface area contributed by atoms with E-state index in [-0.39, 0.29) is 29.8 Å². The second kappa shape index (κ2) is 8.86. The Bertz CT molecular complexity index is 1390. The second-order valence-corrected chi connectivity index (χ2v) is 11.2. The first-order valence-corrected chi connectivity index (χ1v) is 13.6. The van der Waals surface area contributed by atoms with Crippen molar-refractivity contribution in [2.45, 2.75) is 25.4 Å². The van der Waals surface area contributed by atoms with Crippen LogP contribution in [0, 0.1) is 12.8 Å². The van der Waals surface area contributed by atoms with Crippen LogP contribution in [0.3, 0.4) is 0 Å². The van der Waals surface area contributed by atoms with Crippen molar-refractivity contribution in [3.8, 4) is 11.1 Å². The first kappa shape index (κ1) is 22.4. The number of hydrogen-bond acceptors (Lipinski definition) is 6. The lowest BCUT2D eigenvalue weighted by Gasteiger charge is -2.45. The molecule has 4 heterocycles. The highest BCUT2D eigenvalue weighted by molar-refractivity contribution is 7.21. The molecule has 6 nitrogen and oxygen atoms in total. The van der Waals surface area contributed by atoms with Gasteiger partial charge in [0.25, 0.3) is 11.8 Å². The van der Waals surface area contributed by atoms with Crippen LogP contribution in [-0.4, -0.2) is 58.3 Å². The summed E-state index contributed by atoms with van der Waals surface area (Å²) in [7, 11) is 0. The van der Waals surface area contributed by atoms with Crippen molar-refractivity contribution in [2.24, 2.45) is 11.7 Å². The number of nitrogens with two attached hydrogens (primary N) is 1. The number of thiophene rings is 1. The van der Waals surface area contributed by atoms with Crippen molar-refractivity contribution < 1.29 is 9.59 Å². The van der Waals surface area contributed by atoms with E-state index in [1.165, 1.54) is 16.9 Å². The van der Waals surface area contributed by atoms with E-state index in [0.29, 0.717) is 25.3 Å². The molecule has 2 aromatic heterocycles. The molecule has 178 valence electrons. The fourth-order valence-corrected chi connectivity index (χ4v) is 7.10. The van der Waals surface area contributed by atoms with Gasteiger partial charge in [-0.2, -0.15) is 0 Å². The van der Waals surface area contributed by atoms with Gasteiger partial charge in [-0.15, -0.1) is 22.7 Å². The third kappa shape index (κ3) is 3.86. The number of benzene rings is 2. The number of carbonyl (C=O) groups excluding carboxylic acids is 2. The van der Waals surface area contributed by atoms with Gasteiger partial charge >= 0.3 is 0 Å². The molecular weight excluding hydrogens is 476 g/mol. The number of likely N-dealkylation sites (tertiary alicyclic amines) is 2. The van der Waals surface area contributed by atoms with E-state index in [9.17, 15) is 9.59 Å². The van der Waals surface area contributed by atoms with E-state index in [4.69, 9.17) is 5.73 Å². The molecule has 0 spiro atoms. The molecular formula is C27H26N4O2S2. The van der Waals surface area contributed by atoms with Gasteiger partial charge < -0.3 is 15.5 Å². The quantitative estimate of drug-likeness (QED) is 0.441. The summed E-state index contributed by atoms with van der Waals surface area (Å²) in [6.07, 6.45) is 0.782. The summed E-state index contributed by atoms with van der Waals surface area (Å²) in [4.78, 5) is 35.2. The number of nitrogens with zero attached hydrogens (tertiary/aromatic N) is 3. The number of rotatable bonds is 4. The van der Waals surface area contributed by atoms with E-state index in [1.54, 1.807) is 22.2 Å². The predicted molar refractivity (Wildman–Crippen MR) is 141 cm³/mol. The Morgan fingerprint density at radius 1 is 1.06 bits per heavy atom. The average Bonchev–Trinajstić information content (AvgIpc) is 3.59. The van der Waals surface area contributed by atoms with Gasteiger partial charge in [-0.25, -0.2) is 4.98 Å². The molecule has 2 N–H and O–H groups in total. The van der Waals surface area contributed by atoms with Crippen LogP contribution in [0.5, 0.6) is 0 Å². The topological polar surface area (TPSA) is 79.5 Å². The normalized spacial score (nSPS) is 20.4. The van der Waals surface area contributed by atoms with Crippen LogP contribution >= 0.6 is 22.7 Å². The zero-order valence-electron chi connectivity index (χ0n) is 19.4. The van der Waals surface area contributed by atoms with E-state index < -0.39 is 0 Å². The van der Waals surface area contributed by atoms with Gasteiger partial charge in [0, 0.05) is 41.7 Å². The largest absolute Gasteiger partial charge is 0.337 e.